The Labute approximate surface area is 355 Å². The quantitative estimate of drug-likeness (QED) is 0.290. The number of carbonyl (C=O) groups is 5. The van der Waals surface area contributed by atoms with E-state index in [2.05, 4.69) is 65.9 Å². The van der Waals surface area contributed by atoms with Crippen molar-refractivity contribution in [1.29, 1.82) is 5.26 Å². The second kappa shape index (κ2) is 14.9. The van der Waals surface area contributed by atoms with Crippen LogP contribution in [0.5, 0.6) is 5.75 Å². The average molecular weight is 832 g/mol. The molecular weight excluding hydrogens is 782 g/mol. The van der Waals surface area contributed by atoms with Gasteiger partial charge in [0.25, 0.3) is 17.7 Å². The minimum absolute atomic E-state index is 0.0362. The summed E-state index contributed by atoms with van der Waals surface area (Å²) < 4.78 is 6.50. The summed E-state index contributed by atoms with van der Waals surface area (Å²) in [6, 6.07) is 17.9. The molecule has 3 saturated heterocycles. The van der Waals surface area contributed by atoms with Gasteiger partial charge in [-0.05, 0) is 79.3 Å². The maximum atomic E-state index is 13.9. The second-order valence-corrected chi connectivity index (χ2v) is 18.9. The fourth-order valence-electron chi connectivity index (χ4n) is 11.3. The minimum atomic E-state index is -0.975. The van der Waals surface area contributed by atoms with Crippen LogP contribution in [0.25, 0.3) is 0 Å². The summed E-state index contributed by atoms with van der Waals surface area (Å²) in [4.78, 5) is 74.8. The lowest BCUT2D eigenvalue weighted by atomic mass is 9.49. The molecule has 1 aliphatic carbocycles. The van der Waals surface area contributed by atoms with Crippen LogP contribution in [0.3, 0.4) is 0 Å². The van der Waals surface area contributed by atoms with Crippen molar-refractivity contribution in [3.05, 3.63) is 87.4 Å². The summed E-state index contributed by atoms with van der Waals surface area (Å²) in [6.45, 7) is 15.6. The highest BCUT2D eigenvalue weighted by Gasteiger charge is 2.67. The number of anilines is 2. The molecule has 312 valence electrons. The Hall–Kier alpha value is -5.45. The molecule has 5 heterocycles. The number of imide groups is 2. The van der Waals surface area contributed by atoms with Gasteiger partial charge in [-0.3, -0.25) is 39.1 Å². The molecule has 0 aromatic heterocycles. The molecule has 0 bridgehead atoms. The van der Waals surface area contributed by atoms with Crippen LogP contribution in [-0.2, 0) is 16.1 Å². The van der Waals surface area contributed by atoms with E-state index in [9.17, 15) is 29.2 Å². The number of ether oxygens (including phenoxy) is 1. The minimum Gasteiger partial charge on any atom is -0.489 e. The first-order valence-corrected chi connectivity index (χ1v) is 21.4. The Morgan fingerprint density at radius 1 is 0.767 bits per heavy atom. The van der Waals surface area contributed by atoms with E-state index in [-0.39, 0.29) is 41.7 Å². The molecule has 5 aliphatic heterocycles. The van der Waals surface area contributed by atoms with Crippen molar-refractivity contribution in [2.45, 2.75) is 78.1 Å². The molecule has 3 aromatic carbocycles. The third kappa shape index (κ3) is 6.68. The maximum Gasteiger partial charge on any atom is 0.262 e. The van der Waals surface area contributed by atoms with Crippen molar-refractivity contribution in [2.24, 2.45) is 16.7 Å². The lowest BCUT2D eigenvalue weighted by Gasteiger charge is -2.65. The zero-order chi connectivity index (χ0) is 42.2. The van der Waals surface area contributed by atoms with Crippen LogP contribution in [0.4, 0.5) is 11.4 Å². The van der Waals surface area contributed by atoms with Gasteiger partial charge < -0.3 is 19.4 Å². The number of piperazine rings is 1. The normalized spacial score (nSPS) is 25.2. The molecule has 0 radical (unpaired) electrons. The Kier molecular flexibility index (Phi) is 9.94. The first kappa shape index (κ1) is 40.0. The molecule has 1 unspecified atom stereocenters. The van der Waals surface area contributed by atoms with Crippen LogP contribution in [-0.4, -0.2) is 108 Å². The first-order chi connectivity index (χ1) is 28.6. The summed E-state index contributed by atoms with van der Waals surface area (Å²) in [5.74, 6) is -0.706. The van der Waals surface area contributed by atoms with Gasteiger partial charge in [0.05, 0.1) is 21.7 Å². The van der Waals surface area contributed by atoms with Gasteiger partial charge in [-0.25, -0.2) is 0 Å². The van der Waals surface area contributed by atoms with Crippen LogP contribution < -0.4 is 19.9 Å². The van der Waals surface area contributed by atoms with E-state index in [0.29, 0.717) is 39.9 Å². The monoisotopic (exact) mass is 831 g/mol. The Bertz CT molecular complexity index is 2340. The lowest BCUT2D eigenvalue weighted by Crippen LogP contribution is -2.74. The van der Waals surface area contributed by atoms with E-state index in [1.807, 2.05) is 17.0 Å². The zero-order valence-corrected chi connectivity index (χ0v) is 35.3. The van der Waals surface area contributed by atoms with Crippen LogP contribution in [0.2, 0.25) is 5.02 Å². The molecule has 1 N–H and O–H groups in total. The topological polar surface area (TPSA) is 147 Å². The third-order valence-corrected chi connectivity index (χ3v) is 14.3. The highest BCUT2D eigenvalue weighted by molar-refractivity contribution is 6.31. The van der Waals surface area contributed by atoms with Gasteiger partial charge in [-0.2, -0.15) is 5.26 Å². The summed E-state index contributed by atoms with van der Waals surface area (Å²) in [7, 11) is 0. The smallest absolute Gasteiger partial charge is 0.262 e. The molecule has 4 fully saturated rings. The van der Waals surface area contributed by atoms with E-state index in [1.54, 1.807) is 30.3 Å². The number of nitrogens with one attached hydrogen (secondary N) is 1. The molecule has 3 aromatic rings. The van der Waals surface area contributed by atoms with Gasteiger partial charge in [0.15, 0.2) is 0 Å². The van der Waals surface area contributed by atoms with Crippen LogP contribution >= 0.6 is 11.6 Å². The number of fused-ring (bicyclic) bond motifs is 2. The molecule has 6 aliphatic rings. The van der Waals surface area contributed by atoms with Gasteiger partial charge in [0.2, 0.25) is 11.8 Å². The number of hydrogen-bond donors (Lipinski definition) is 1. The molecule has 60 heavy (non-hydrogen) atoms. The Balaban J connectivity index is 0.766. The molecule has 1 atom stereocenters. The average Bonchev–Trinajstić information content (AvgIpc) is 3.67. The number of carbonyl (C=O) groups excluding carboxylic acids is 5. The summed E-state index contributed by atoms with van der Waals surface area (Å²) in [6.07, 6.45) is 2.23. The number of amides is 5. The molecule has 0 spiro atoms. The maximum absolute atomic E-state index is 13.9. The van der Waals surface area contributed by atoms with Crippen molar-refractivity contribution in [2.75, 3.05) is 55.6 Å². The van der Waals surface area contributed by atoms with Crippen molar-refractivity contribution in [1.82, 2.24) is 20.0 Å². The highest BCUT2D eigenvalue weighted by atomic mass is 35.5. The van der Waals surface area contributed by atoms with Gasteiger partial charge in [-0.15, -0.1) is 0 Å². The fraction of sp³-hybridized carbons (Fsp3) is 0.478. The van der Waals surface area contributed by atoms with E-state index in [0.717, 1.165) is 86.1 Å². The zero-order valence-electron chi connectivity index (χ0n) is 34.5. The molecule has 13 nitrogen and oxygen atoms in total. The Morgan fingerprint density at radius 2 is 1.42 bits per heavy atom. The summed E-state index contributed by atoms with van der Waals surface area (Å²) in [5.41, 5.74) is 4.25. The fourth-order valence-corrected chi connectivity index (χ4v) is 11.5. The van der Waals surface area contributed by atoms with Gasteiger partial charge in [-0.1, -0.05) is 39.3 Å². The summed E-state index contributed by atoms with van der Waals surface area (Å²) in [5, 5.41) is 11.9. The van der Waals surface area contributed by atoms with Crippen molar-refractivity contribution < 1.29 is 28.7 Å². The molecule has 5 amide bonds. The standard InChI is InChI=1S/C46H50ClN7O6/c1-45(2)43(46(3,4)44(45)60-32-8-5-28(24-48)36(47)23-32)53-26-29-21-30(6-9-33(29)40(53)57)51-15-13-27(14-16-51)25-50-17-19-52(20-18-50)31-7-10-34-35(22-31)42(59)54(41(34)58)37-11-12-38(55)49-39(37)56/h5-10,21-23,27,37,43-44H,11-20,25-26H2,1-4H3,(H,49,55,56)/t37?,43-,44-. The van der Waals surface area contributed by atoms with Gasteiger partial charge >= 0.3 is 0 Å². The SMILES string of the molecule is CC1(C)[C@H](Oc2ccc(C#N)c(Cl)c2)C(C)(C)[C@H]1N1Cc2cc(N3CCC(CN4CCN(c5ccc6c(c5)C(=O)N(C5CCC(=O)NC5=O)C6=O)CC4)CC3)ccc2C1=O. The summed E-state index contributed by atoms with van der Waals surface area (Å²) >= 11 is 6.31. The number of nitriles is 1. The number of benzene rings is 3. The molecule has 14 heteroatoms. The number of rotatable bonds is 8. The van der Waals surface area contributed by atoms with E-state index in [1.165, 1.54) is 0 Å². The van der Waals surface area contributed by atoms with Crippen LogP contribution in [0.1, 0.15) is 95.6 Å². The Morgan fingerprint density at radius 3 is 2.08 bits per heavy atom. The molecular formula is C46H50ClN7O6. The van der Waals surface area contributed by atoms with Crippen molar-refractivity contribution in [3.8, 4) is 11.8 Å². The lowest BCUT2D eigenvalue weighted by molar-refractivity contribution is -0.199. The molecule has 1 saturated carbocycles. The number of nitrogens with zero attached hydrogens (tertiary/aromatic N) is 6. The van der Waals surface area contributed by atoms with E-state index >= 15 is 0 Å². The van der Waals surface area contributed by atoms with Crippen molar-refractivity contribution >= 4 is 52.5 Å². The largest absolute Gasteiger partial charge is 0.489 e. The van der Waals surface area contributed by atoms with Gasteiger partial charge in [0, 0.05) is 98.7 Å². The van der Waals surface area contributed by atoms with E-state index in [4.69, 9.17) is 16.3 Å². The number of halogens is 1. The first-order valence-electron chi connectivity index (χ1n) is 21.0. The van der Waals surface area contributed by atoms with Crippen LogP contribution in [0, 0.1) is 28.1 Å². The second-order valence-electron chi connectivity index (χ2n) is 18.5. The van der Waals surface area contributed by atoms with Crippen LogP contribution in [0.15, 0.2) is 54.6 Å². The third-order valence-electron chi connectivity index (χ3n) is 14.0. The highest BCUT2D eigenvalue weighted by Crippen LogP contribution is 2.59. The predicted octanol–water partition coefficient (Wildman–Crippen LogP) is 5.49. The predicted molar refractivity (Wildman–Crippen MR) is 225 cm³/mol. The molecule has 9 rings (SSSR count). The van der Waals surface area contributed by atoms with Gasteiger partial charge in [0.1, 0.15) is 24.0 Å². The van der Waals surface area contributed by atoms with E-state index < -0.39 is 29.7 Å². The van der Waals surface area contributed by atoms with Crippen molar-refractivity contribution in [3.63, 3.8) is 0 Å². The number of hydrogen-bond acceptors (Lipinski definition) is 10. The number of piperidine rings is 2.